The number of anilines is 1. The molecule has 108 valence electrons. The highest BCUT2D eigenvalue weighted by Gasteiger charge is 2.09. The van der Waals surface area contributed by atoms with Gasteiger partial charge in [-0.15, -0.1) is 0 Å². The van der Waals surface area contributed by atoms with Crippen LogP contribution in [0.1, 0.15) is 19.1 Å². The maximum atomic E-state index is 11.3. The highest BCUT2D eigenvalue weighted by molar-refractivity contribution is 7.89. The Bertz CT molecular complexity index is 651. The Balaban J connectivity index is 1.95. The van der Waals surface area contributed by atoms with E-state index in [1.165, 1.54) is 6.07 Å². The van der Waals surface area contributed by atoms with Crippen molar-refractivity contribution < 1.29 is 12.8 Å². The van der Waals surface area contributed by atoms with E-state index < -0.39 is 10.0 Å². The van der Waals surface area contributed by atoms with Gasteiger partial charge in [0, 0.05) is 18.2 Å². The van der Waals surface area contributed by atoms with Gasteiger partial charge in [0.2, 0.25) is 10.0 Å². The first kappa shape index (κ1) is 14.6. The van der Waals surface area contributed by atoms with Gasteiger partial charge in [-0.05, 0) is 43.7 Å². The van der Waals surface area contributed by atoms with Crippen molar-refractivity contribution in [1.29, 1.82) is 0 Å². The van der Waals surface area contributed by atoms with Crippen molar-refractivity contribution in [2.75, 3.05) is 5.32 Å². The van der Waals surface area contributed by atoms with Crippen molar-refractivity contribution >= 4 is 15.7 Å². The topological polar surface area (TPSA) is 85.3 Å². The second-order valence-electron chi connectivity index (χ2n) is 4.74. The molecule has 0 aliphatic carbocycles. The van der Waals surface area contributed by atoms with E-state index in [4.69, 9.17) is 9.56 Å². The van der Waals surface area contributed by atoms with Gasteiger partial charge in [0.15, 0.2) is 0 Å². The highest BCUT2D eigenvalue weighted by Crippen LogP contribution is 2.16. The lowest BCUT2D eigenvalue weighted by Gasteiger charge is -2.15. The van der Waals surface area contributed by atoms with Crippen molar-refractivity contribution in [3.63, 3.8) is 0 Å². The molecule has 0 radical (unpaired) electrons. The summed E-state index contributed by atoms with van der Waals surface area (Å²) in [5, 5.41) is 8.37. The summed E-state index contributed by atoms with van der Waals surface area (Å²) in [5.41, 5.74) is 0.739. The summed E-state index contributed by atoms with van der Waals surface area (Å²) in [6.45, 7) is 2.03. The van der Waals surface area contributed by atoms with Gasteiger partial charge in [0.05, 0.1) is 11.2 Å². The highest BCUT2D eigenvalue weighted by atomic mass is 32.2. The van der Waals surface area contributed by atoms with E-state index in [0.717, 1.165) is 24.3 Å². The first-order valence-electron chi connectivity index (χ1n) is 6.37. The third-order valence-electron chi connectivity index (χ3n) is 2.98. The molecular weight excluding hydrogens is 276 g/mol. The second kappa shape index (κ2) is 6.11. The lowest BCUT2D eigenvalue weighted by molar-refractivity contribution is 0.495. The SMILES string of the molecule is CC(CCc1ccco1)Nc1cccc(S(N)(=O)=O)c1. The summed E-state index contributed by atoms with van der Waals surface area (Å²) in [6.07, 6.45) is 3.37. The number of primary sulfonamides is 1. The van der Waals surface area contributed by atoms with Crippen molar-refractivity contribution in [2.24, 2.45) is 5.14 Å². The molecular formula is C14H18N2O3S. The Morgan fingerprint density at radius 1 is 1.30 bits per heavy atom. The van der Waals surface area contributed by atoms with Crippen LogP contribution in [0.15, 0.2) is 52.0 Å². The molecule has 2 rings (SSSR count). The predicted molar refractivity (Wildman–Crippen MR) is 77.9 cm³/mol. The fourth-order valence-corrected chi connectivity index (χ4v) is 2.49. The van der Waals surface area contributed by atoms with E-state index in [1.54, 1.807) is 18.4 Å². The summed E-state index contributed by atoms with van der Waals surface area (Å²) in [5.74, 6) is 0.942. The Labute approximate surface area is 118 Å². The van der Waals surface area contributed by atoms with Crippen LogP contribution < -0.4 is 10.5 Å². The van der Waals surface area contributed by atoms with Crippen LogP contribution in [0.4, 0.5) is 5.69 Å². The molecule has 0 spiro atoms. The lowest BCUT2D eigenvalue weighted by atomic mass is 10.1. The predicted octanol–water partition coefficient (Wildman–Crippen LogP) is 2.36. The fourth-order valence-electron chi connectivity index (χ4n) is 1.93. The standard InChI is InChI=1S/C14H18N2O3S/c1-11(7-8-13-5-3-9-19-13)16-12-4-2-6-14(10-12)20(15,17)18/h2-6,9-11,16H,7-8H2,1H3,(H2,15,17,18). The van der Waals surface area contributed by atoms with E-state index in [9.17, 15) is 8.42 Å². The van der Waals surface area contributed by atoms with Gasteiger partial charge in [0.25, 0.3) is 0 Å². The molecule has 5 nitrogen and oxygen atoms in total. The maximum absolute atomic E-state index is 11.3. The number of sulfonamides is 1. The van der Waals surface area contributed by atoms with Crippen LogP contribution in [-0.4, -0.2) is 14.5 Å². The van der Waals surface area contributed by atoms with Crippen LogP contribution >= 0.6 is 0 Å². The minimum atomic E-state index is -3.66. The molecule has 3 N–H and O–H groups in total. The van der Waals surface area contributed by atoms with Crippen LogP contribution in [0.2, 0.25) is 0 Å². The molecule has 0 bridgehead atoms. The van der Waals surface area contributed by atoms with Crippen LogP contribution in [-0.2, 0) is 16.4 Å². The number of rotatable bonds is 6. The largest absolute Gasteiger partial charge is 0.469 e. The molecule has 1 aromatic carbocycles. The van der Waals surface area contributed by atoms with E-state index >= 15 is 0 Å². The van der Waals surface area contributed by atoms with Crippen LogP contribution in [0.3, 0.4) is 0 Å². The molecule has 1 unspecified atom stereocenters. The van der Waals surface area contributed by atoms with Crippen molar-refractivity contribution in [3.8, 4) is 0 Å². The molecule has 0 aliphatic heterocycles. The van der Waals surface area contributed by atoms with Crippen molar-refractivity contribution in [1.82, 2.24) is 0 Å². The second-order valence-corrected chi connectivity index (χ2v) is 6.30. The number of hydrogen-bond acceptors (Lipinski definition) is 4. The Morgan fingerprint density at radius 3 is 2.75 bits per heavy atom. The number of furan rings is 1. The average molecular weight is 294 g/mol. The van der Waals surface area contributed by atoms with Gasteiger partial charge in [-0.2, -0.15) is 0 Å². The molecule has 1 aromatic heterocycles. The third kappa shape index (κ3) is 4.11. The van der Waals surface area contributed by atoms with E-state index in [2.05, 4.69) is 5.32 Å². The van der Waals surface area contributed by atoms with Crippen molar-refractivity contribution in [3.05, 3.63) is 48.4 Å². The van der Waals surface area contributed by atoms with E-state index in [0.29, 0.717) is 0 Å². The molecule has 0 saturated heterocycles. The summed E-state index contributed by atoms with van der Waals surface area (Å²) >= 11 is 0. The first-order chi connectivity index (χ1) is 9.45. The number of nitrogens with one attached hydrogen (secondary N) is 1. The monoisotopic (exact) mass is 294 g/mol. The van der Waals surface area contributed by atoms with Gasteiger partial charge in [-0.3, -0.25) is 0 Å². The van der Waals surface area contributed by atoms with Gasteiger partial charge in [-0.1, -0.05) is 6.07 Å². The zero-order valence-corrected chi connectivity index (χ0v) is 12.1. The van der Waals surface area contributed by atoms with Crippen LogP contribution in [0, 0.1) is 0 Å². The Hall–Kier alpha value is -1.79. The van der Waals surface area contributed by atoms with Gasteiger partial charge in [-0.25, -0.2) is 13.6 Å². The van der Waals surface area contributed by atoms with Crippen molar-refractivity contribution in [2.45, 2.75) is 30.7 Å². The Morgan fingerprint density at radius 2 is 2.10 bits per heavy atom. The van der Waals surface area contributed by atoms with Gasteiger partial charge in [0.1, 0.15) is 5.76 Å². The number of benzene rings is 1. The summed E-state index contributed by atoms with van der Waals surface area (Å²) in [7, 11) is -3.66. The minimum absolute atomic E-state index is 0.112. The molecule has 2 aromatic rings. The molecule has 0 fully saturated rings. The zero-order valence-electron chi connectivity index (χ0n) is 11.2. The summed E-state index contributed by atoms with van der Waals surface area (Å²) in [6, 6.07) is 10.5. The average Bonchev–Trinajstić information content (AvgIpc) is 2.89. The quantitative estimate of drug-likeness (QED) is 0.856. The molecule has 6 heteroatoms. The smallest absolute Gasteiger partial charge is 0.238 e. The lowest BCUT2D eigenvalue weighted by Crippen LogP contribution is -2.17. The Kier molecular flexibility index (Phi) is 4.46. The fraction of sp³-hybridized carbons (Fsp3) is 0.286. The van der Waals surface area contributed by atoms with Crippen LogP contribution in [0.25, 0.3) is 0 Å². The molecule has 0 saturated carbocycles. The van der Waals surface area contributed by atoms with Gasteiger partial charge >= 0.3 is 0 Å². The van der Waals surface area contributed by atoms with E-state index in [-0.39, 0.29) is 10.9 Å². The van der Waals surface area contributed by atoms with Gasteiger partial charge < -0.3 is 9.73 Å². The molecule has 0 aliphatic rings. The number of aryl methyl sites for hydroxylation is 1. The molecule has 20 heavy (non-hydrogen) atoms. The number of hydrogen-bond donors (Lipinski definition) is 2. The summed E-state index contributed by atoms with van der Waals surface area (Å²) in [4.78, 5) is 0.112. The van der Waals surface area contributed by atoms with Crippen LogP contribution in [0.5, 0.6) is 0 Å². The summed E-state index contributed by atoms with van der Waals surface area (Å²) < 4.78 is 27.9. The minimum Gasteiger partial charge on any atom is -0.469 e. The van der Waals surface area contributed by atoms with E-state index in [1.807, 2.05) is 25.1 Å². The third-order valence-corrected chi connectivity index (χ3v) is 3.89. The normalized spacial score (nSPS) is 13.1. The molecule has 1 heterocycles. The number of nitrogens with two attached hydrogens (primary N) is 1. The first-order valence-corrected chi connectivity index (χ1v) is 7.91. The molecule has 0 amide bonds. The zero-order chi connectivity index (χ0) is 14.6. The molecule has 1 atom stereocenters. The maximum Gasteiger partial charge on any atom is 0.238 e.